The van der Waals surface area contributed by atoms with Crippen molar-refractivity contribution in [1.29, 1.82) is 0 Å². The highest BCUT2D eigenvalue weighted by Crippen LogP contribution is 2.42. The van der Waals surface area contributed by atoms with E-state index >= 15 is 0 Å². The fourth-order valence-electron chi connectivity index (χ4n) is 6.78. The van der Waals surface area contributed by atoms with Crippen LogP contribution in [-0.4, -0.2) is 0 Å². The van der Waals surface area contributed by atoms with Gasteiger partial charge in [-0.05, 0) is 92.3 Å². The Hall–Kier alpha value is -1.30. The van der Waals surface area contributed by atoms with Gasteiger partial charge in [0.25, 0.3) is 0 Å². The molecular formula is C35H58. The van der Waals surface area contributed by atoms with Crippen molar-refractivity contribution >= 4 is 0 Å². The SMILES string of the molecule is C=CCCC(C=C)C(C)(CC)CC(C=CC(C)CC1CCC(CC2C=CC(CC)=CC2)CC1)CC. The van der Waals surface area contributed by atoms with Gasteiger partial charge in [-0.3, -0.25) is 0 Å². The predicted molar refractivity (Wildman–Crippen MR) is 159 cm³/mol. The molecule has 0 aromatic heterocycles. The summed E-state index contributed by atoms with van der Waals surface area (Å²) in [6.45, 7) is 20.1. The van der Waals surface area contributed by atoms with Gasteiger partial charge in [0.1, 0.15) is 0 Å². The van der Waals surface area contributed by atoms with Crippen LogP contribution in [0.5, 0.6) is 0 Å². The maximum absolute atomic E-state index is 4.19. The molecule has 0 N–H and O–H groups in total. The zero-order valence-corrected chi connectivity index (χ0v) is 24.1. The Morgan fingerprint density at radius 3 is 2.31 bits per heavy atom. The van der Waals surface area contributed by atoms with E-state index in [-0.39, 0.29) is 0 Å². The van der Waals surface area contributed by atoms with E-state index in [2.05, 4.69) is 90.3 Å². The van der Waals surface area contributed by atoms with E-state index in [0.29, 0.717) is 23.2 Å². The van der Waals surface area contributed by atoms with Crippen molar-refractivity contribution in [3.63, 3.8) is 0 Å². The van der Waals surface area contributed by atoms with Crippen molar-refractivity contribution in [2.24, 2.45) is 40.9 Å². The van der Waals surface area contributed by atoms with E-state index in [1.54, 1.807) is 0 Å². The molecule has 0 aromatic rings. The number of rotatable bonds is 16. The van der Waals surface area contributed by atoms with E-state index in [9.17, 15) is 0 Å². The van der Waals surface area contributed by atoms with Crippen LogP contribution in [-0.2, 0) is 0 Å². The van der Waals surface area contributed by atoms with Gasteiger partial charge in [-0.2, -0.15) is 0 Å². The van der Waals surface area contributed by atoms with Gasteiger partial charge in [0.15, 0.2) is 0 Å². The molecule has 0 radical (unpaired) electrons. The molecule has 1 fully saturated rings. The van der Waals surface area contributed by atoms with E-state index in [1.165, 1.54) is 82.6 Å². The van der Waals surface area contributed by atoms with E-state index < -0.39 is 0 Å². The van der Waals surface area contributed by atoms with Crippen LogP contribution in [0.3, 0.4) is 0 Å². The zero-order valence-electron chi connectivity index (χ0n) is 24.1. The molecule has 5 atom stereocenters. The monoisotopic (exact) mass is 478 g/mol. The molecule has 0 aromatic carbocycles. The Morgan fingerprint density at radius 1 is 1.06 bits per heavy atom. The zero-order chi connectivity index (χ0) is 25.7. The quantitative estimate of drug-likeness (QED) is 0.193. The fraction of sp³-hybridized carbons (Fsp3) is 0.714. The fourth-order valence-corrected chi connectivity index (χ4v) is 6.78. The van der Waals surface area contributed by atoms with Gasteiger partial charge >= 0.3 is 0 Å². The highest BCUT2D eigenvalue weighted by atomic mass is 14.4. The lowest BCUT2D eigenvalue weighted by atomic mass is 9.67. The summed E-state index contributed by atoms with van der Waals surface area (Å²) in [5.41, 5.74) is 1.86. The minimum atomic E-state index is 0.332. The summed E-state index contributed by atoms with van der Waals surface area (Å²) < 4.78 is 0. The predicted octanol–water partition coefficient (Wildman–Crippen LogP) is 11.3. The summed E-state index contributed by atoms with van der Waals surface area (Å²) in [6, 6.07) is 0. The molecule has 0 aliphatic heterocycles. The second-order valence-electron chi connectivity index (χ2n) is 12.3. The second kappa shape index (κ2) is 15.7. The van der Waals surface area contributed by atoms with Crippen LogP contribution in [0.15, 0.2) is 61.3 Å². The molecule has 0 heteroatoms. The minimum absolute atomic E-state index is 0.332. The molecule has 35 heavy (non-hydrogen) atoms. The molecule has 0 saturated heterocycles. The van der Waals surface area contributed by atoms with E-state index in [0.717, 1.165) is 24.2 Å². The molecular weight excluding hydrogens is 420 g/mol. The van der Waals surface area contributed by atoms with Crippen LogP contribution in [0.2, 0.25) is 0 Å². The molecule has 1 saturated carbocycles. The molecule has 0 nitrogen and oxygen atoms in total. The maximum Gasteiger partial charge on any atom is -0.0179 e. The topological polar surface area (TPSA) is 0 Å². The van der Waals surface area contributed by atoms with E-state index in [1.807, 2.05) is 0 Å². The standard InChI is InChI=1S/C35H58/c1-8-13-14-34(11-4)35(7,12-5)27-30(10-3)16-15-28(6)25-31-21-23-33(24-22-31)26-32-19-17-29(9-2)18-20-32/h8,11,15-19,28,30-34H,1,4,9-10,12-14,20-27H2,2-3,5-7H3. The first-order valence-corrected chi connectivity index (χ1v) is 15.2. The molecule has 0 bridgehead atoms. The van der Waals surface area contributed by atoms with Crippen LogP contribution in [0.1, 0.15) is 118 Å². The third-order valence-electron chi connectivity index (χ3n) is 9.61. The average molecular weight is 479 g/mol. The molecule has 5 unspecified atom stereocenters. The van der Waals surface area contributed by atoms with Crippen LogP contribution in [0, 0.1) is 40.9 Å². The lowest BCUT2D eigenvalue weighted by Crippen LogP contribution is -2.28. The van der Waals surface area contributed by atoms with Crippen LogP contribution < -0.4 is 0 Å². The summed E-state index contributed by atoms with van der Waals surface area (Å²) in [6.07, 6.45) is 33.8. The molecule has 0 amide bonds. The van der Waals surface area contributed by atoms with Gasteiger partial charge < -0.3 is 0 Å². The summed E-state index contributed by atoms with van der Waals surface area (Å²) in [7, 11) is 0. The van der Waals surface area contributed by atoms with Gasteiger partial charge in [-0.25, -0.2) is 0 Å². The summed E-state index contributed by atoms with van der Waals surface area (Å²) >= 11 is 0. The van der Waals surface area contributed by atoms with Gasteiger partial charge in [-0.15, -0.1) is 13.2 Å². The van der Waals surface area contributed by atoms with Crippen molar-refractivity contribution in [3.8, 4) is 0 Å². The Labute approximate surface area is 220 Å². The van der Waals surface area contributed by atoms with Crippen LogP contribution >= 0.6 is 0 Å². The van der Waals surface area contributed by atoms with Gasteiger partial charge in [0.05, 0.1) is 0 Å². The number of hydrogen-bond donors (Lipinski definition) is 0. The molecule has 198 valence electrons. The second-order valence-corrected chi connectivity index (χ2v) is 12.3. The van der Waals surface area contributed by atoms with Crippen molar-refractivity contribution in [2.45, 2.75) is 118 Å². The average Bonchev–Trinajstić information content (AvgIpc) is 2.88. The highest BCUT2D eigenvalue weighted by molar-refractivity contribution is 5.23. The molecule has 2 rings (SSSR count). The van der Waals surface area contributed by atoms with Crippen molar-refractivity contribution < 1.29 is 0 Å². The van der Waals surface area contributed by atoms with Crippen molar-refractivity contribution in [1.82, 2.24) is 0 Å². The first-order chi connectivity index (χ1) is 16.9. The smallest absolute Gasteiger partial charge is 0.0179 e. The normalized spacial score (nSPS) is 27.1. The largest absolute Gasteiger partial charge is 0.103 e. The maximum atomic E-state index is 4.19. The number of allylic oxidation sites excluding steroid dienone is 8. The summed E-state index contributed by atoms with van der Waals surface area (Å²) in [5, 5.41) is 0. The Morgan fingerprint density at radius 2 is 1.77 bits per heavy atom. The third-order valence-corrected chi connectivity index (χ3v) is 9.61. The van der Waals surface area contributed by atoms with Crippen LogP contribution in [0.4, 0.5) is 0 Å². The van der Waals surface area contributed by atoms with Gasteiger partial charge in [-0.1, -0.05) is 115 Å². The van der Waals surface area contributed by atoms with Crippen molar-refractivity contribution in [2.75, 3.05) is 0 Å². The minimum Gasteiger partial charge on any atom is -0.103 e. The lowest BCUT2D eigenvalue weighted by Gasteiger charge is -2.38. The Balaban J connectivity index is 1.78. The lowest BCUT2D eigenvalue weighted by molar-refractivity contribution is 0.166. The highest BCUT2D eigenvalue weighted by Gasteiger charge is 2.32. The number of hydrogen-bond acceptors (Lipinski definition) is 0. The first-order valence-electron chi connectivity index (χ1n) is 15.2. The molecule has 0 spiro atoms. The van der Waals surface area contributed by atoms with Crippen molar-refractivity contribution in [3.05, 3.63) is 61.3 Å². The van der Waals surface area contributed by atoms with E-state index in [4.69, 9.17) is 0 Å². The van der Waals surface area contributed by atoms with Gasteiger partial charge in [0.2, 0.25) is 0 Å². The molecule has 2 aliphatic carbocycles. The first kappa shape index (κ1) is 29.9. The Bertz CT molecular complexity index is 698. The summed E-state index contributed by atoms with van der Waals surface area (Å²) in [4.78, 5) is 0. The van der Waals surface area contributed by atoms with Gasteiger partial charge in [0, 0.05) is 0 Å². The van der Waals surface area contributed by atoms with Crippen LogP contribution in [0.25, 0.3) is 0 Å². The third kappa shape index (κ3) is 9.93. The Kier molecular flexibility index (Phi) is 13.5. The molecule has 2 aliphatic rings. The summed E-state index contributed by atoms with van der Waals surface area (Å²) in [5.74, 6) is 4.65. The molecule has 0 heterocycles.